The van der Waals surface area contributed by atoms with Crippen LogP contribution in [0, 0.1) is 11.8 Å². The van der Waals surface area contributed by atoms with Gasteiger partial charge in [-0.15, -0.1) is 0 Å². The molecule has 0 aliphatic heterocycles. The minimum Gasteiger partial charge on any atom is -0.0767 e. The summed E-state index contributed by atoms with van der Waals surface area (Å²) in [6.07, 6.45) is 10.2. The van der Waals surface area contributed by atoms with Crippen molar-refractivity contribution in [3.63, 3.8) is 0 Å². The summed E-state index contributed by atoms with van der Waals surface area (Å²) >= 11 is 0. The standard InChI is InChI=1S/C17H18/c1-12-11-14-7-3-4-9-16(14)13(2)17-10-6-5-8-15(12)17/h3-10,12,15H,11H2,1-2H3. The highest BCUT2D eigenvalue weighted by Crippen LogP contribution is 2.38. The smallest absolute Gasteiger partial charge is 0.00527 e. The monoisotopic (exact) mass is 222 g/mol. The molecule has 0 bridgehead atoms. The van der Waals surface area contributed by atoms with Gasteiger partial charge in [0.2, 0.25) is 0 Å². The molecule has 1 aromatic rings. The quantitative estimate of drug-likeness (QED) is 0.610. The fraction of sp³-hybridized carbons (Fsp3) is 0.294. The van der Waals surface area contributed by atoms with Crippen LogP contribution < -0.4 is 0 Å². The molecule has 0 radical (unpaired) electrons. The van der Waals surface area contributed by atoms with E-state index in [4.69, 9.17) is 0 Å². The van der Waals surface area contributed by atoms with Crippen LogP contribution in [0.15, 0.2) is 54.1 Å². The first kappa shape index (κ1) is 10.6. The third-order valence-corrected chi connectivity index (χ3v) is 4.07. The van der Waals surface area contributed by atoms with Gasteiger partial charge in [-0.25, -0.2) is 0 Å². The normalized spacial score (nSPS) is 26.5. The molecule has 2 aliphatic carbocycles. The Hall–Kier alpha value is -1.56. The van der Waals surface area contributed by atoms with Crippen LogP contribution in [-0.2, 0) is 6.42 Å². The third kappa shape index (κ3) is 1.68. The summed E-state index contributed by atoms with van der Waals surface area (Å²) in [5.74, 6) is 1.28. The van der Waals surface area contributed by atoms with Crippen molar-refractivity contribution in [1.29, 1.82) is 0 Å². The summed E-state index contributed by atoms with van der Waals surface area (Å²) < 4.78 is 0. The summed E-state index contributed by atoms with van der Waals surface area (Å²) in [5.41, 5.74) is 5.90. The van der Waals surface area contributed by atoms with Crippen LogP contribution in [0.4, 0.5) is 0 Å². The zero-order valence-electron chi connectivity index (χ0n) is 10.5. The lowest BCUT2D eigenvalue weighted by Crippen LogP contribution is -2.13. The summed E-state index contributed by atoms with van der Waals surface area (Å²) in [6.45, 7) is 4.63. The van der Waals surface area contributed by atoms with E-state index >= 15 is 0 Å². The van der Waals surface area contributed by atoms with Gasteiger partial charge in [-0.05, 0) is 41.5 Å². The van der Waals surface area contributed by atoms with E-state index in [-0.39, 0.29) is 0 Å². The Morgan fingerprint density at radius 3 is 2.82 bits per heavy atom. The van der Waals surface area contributed by atoms with E-state index in [1.807, 2.05) is 0 Å². The summed E-state index contributed by atoms with van der Waals surface area (Å²) in [4.78, 5) is 0. The van der Waals surface area contributed by atoms with Gasteiger partial charge in [0.15, 0.2) is 0 Å². The Balaban J connectivity index is 2.22. The molecule has 0 spiro atoms. The van der Waals surface area contributed by atoms with Crippen molar-refractivity contribution in [2.75, 3.05) is 0 Å². The molecule has 2 aliphatic rings. The zero-order valence-corrected chi connectivity index (χ0v) is 10.5. The van der Waals surface area contributed by atoms with Crippen LogP contribution in [0.1, 0.15) is 25.0 Å². The molecular weight excluding hydrogens is 204 g/mol. The number of hydrogen-bond acceptors (Lipinski definition) is 0. The highest BCUT2D eigenvalue weighted by atomic mass is 14.3. The molecule has 0 saturated carbocycles. The molecule has 0 amide bonds. The van der Waals surface area contributed by atoms with Crippen molar-refractivity contribution in [1.82, 2.24) is 0 Å². The Morgan fingerprint density at radius 1 is 1.12 bits per heavy atom. The van der Waals surface area contributed by atoms with E-state index in [1.54, 1.807) is 0 Å². The topological polar surface area (TPSA) is 0 Å². The molecule has 0 nitrogen and oxygen atoms in total. The van der Waals surface area contributed by atoms with Crippen LogP contribution in [0.2, 0.25) is 0 Å². The van der Waals surface area contributed by atoms with Crippen molar-refractivity contribution in [3.8, 4) is 0 Å². The van der Waals surface area contributed by atoms with Crippen molar-refractivity contribution in [2.45, 2.75) is 20.3 Å². The molecule has 17 heavy (non-hydrogen) atoms. The van der Waals surface area contributed by atoms with Gasteiger partial charge in [0.25, 0.3) is 0 Å². The Bertz CT molecular complexity index is 529. The van der Waals surface area contributed by atoms with Gasteiger partial charge >= 0.3 is 0 Å². The first-order chi connectivity index (χ1) is 8.27. The average Bonchev–Trinajstić information content (AvgIpc) is 2.48. The summed E-state index contributed by atoms with van der Waals surface area (Å²) in [7, 11) is 0. The van der Waals surface area contributed by atoms with Gasteiger partial charge in [-0.3, -0.25) is 0 Å². The van der Waals surface area contributed by atoms with E-state index in [1.165, 1.54) is 28.7 Å². The molecule has 3 rings (SSSR count). The van der Waals surface area contributed by atoms with E-state index in [0.29, 0.717) is 11.8 Å². The number of hydrogen-bond donors (Lipinski definition) is 0. The first-order valence-corrected chi connectivity index (χ1v) is 6.41. The van der Waals surface area contributed by atoms with Gasteiger partial charge in [0, 0.05) is 5.92 Å². The molecule has 1 aromatic carbocycles. The molecule has 0 fully saturated rings. The number of benzene rings is 1. The second-order valence-electron chi connectivity index (χ2n) is 5.19. The second kappa shape index (κ2) is 4.03. The first-order valence-electron chi connectivity index (χ1n) is 6.41. The van der Waals surface area contributed by atoms with Crippen molar-refractivity contribution in [3.05, 3.63) is 65.3 Å². The Kier molecular flexibility index (Phi) is 2.51. The second-order valence-corrected chi connectivity index (χ2v) is 5.19. The van der Waals surface area contributed by atoms with Crippen LogP contribution in [0.5, 0.6) is 0 Å². The SMILES string of the molecule is CC1=C2C=CC=CC2C(C)Cc2ccccc21. The molecule has 0 aromatic heterocycles. The number of rotatable bonds is 0. The fourth-order valence-corrected chi connectivity index (χ4v) is 3.12. The minimum absolute atomic E-state index is 0.590. The molecule has 0 saturated heterocycles. The van der Waals surface area contributed by atoms with Crippen molar-refractivity contribution in [2.24, 2.45) is 11.8 Å². The predicted octanol–water partition coefficient (Wildman–Crippen LogP) is 4.39. The fourth-order valence-electron chi connectivity index (χ4n) is 3.12. The largest absolute Gasteiger partial charge is 0.0767 e. The highest BCUT2D eigenvalue weighted by molar-refractivity contribution is 5.74. The van der Waals surface area contributed by atoms with E-state index in [0.717, 1.165) is 0 Å². The predicted molar refractivity (Wildman–Crippen MR) is 73.7 cm³/mol. The average molecular weight is 222 g/mol. The molecule has 2 atom stereocenters. The molecule has 0 heteroatoms. The van der Waals surface area contributed by atoms with E-state index in [9.17, 15) is 0 Å². The van der Waals surface area contributed by atoms with Crippen LogP contribution in [0.25, 0.3) is 5.57 Å². The Labute approximate surface area is 103 Å². The molecule has 0 heterocycles. The lowest BCUT2D eigenvalue weighted by Gasteiger charge is -2.22. The van der Waals surface area contributed by atoms with Crippen molar-refractivity contribution >= 4 is 5.57 Å². The lowest BCUT2D eigenvalue weighted by molar-refractivity contribution is 0.486. The number of fused-ring (bicyclic) bond motifs is 2. The lowest BCUT2D eigenvalue weighted by atomic mass is 9.82. The maximum atomic E-state index is 2.36. The van der Waals surface area contributed by atoms with Crippen LogP contribution in [0.3, 0.4) is 0 Å². The van der Waals surface area contributed by atoms with Gasteiger partial charge in [-0.1, -0.05) is 55.5 Å². The van der Waals surface area contributed by atoms with E-state index < -0.39 is 0 Å². The highest BCUT2D eigenvalue weighted by Gasteiger charge is 2.25. The zero-order chi connectivity index (χ0) is 11.8. The van der Waals surface area contributed by atoms with Crippen LogP contribution in [-0.4, -0.2) is 0 Å². The maximum Gasteiger partial charge on any atom is 0.00527 e. The molecule has 0 N–H and O–H groups in total. The van der Waals surface area contributed by atoms with Gasteiger partial charge in [0.1, 0.15) is 0 Å². The van der Waals surface area contributed by atoms with Gasteiger partial charge in [-0.2, -0.15) is 0 Å². The van der Waals surface area contributed by atoms with Gasteiger partial charge < -0.3 is 0 Å². The number of allylic oxidation sites excluding steroid dienone is 6. The molecule has 2 unspecified atom stereocenters. The summed E-state index contributed by atoms with van der Waals surface area (Å²) in [5, 5.41) is 0. The molecular formula is C17H18. The third-order valence-electron chi connectivity index (χ3n) is 4.07. The molecule has 86 valence electrons. The minimum atomic E-state index is 0.590. The van der Waals surface area contributed by atoms with Gasteiger partial charge in [0.05, 0.1) is 0 Å². The summed E-state index contributed by atoms with van der Waals surface area (Å²) in [6, 6.07) is 8.85. The van der Waals surface area contributed by atoms with E-state index in [2.05, 4.69) is 62.4 Å². The van der Waals surface area contributed by atoms with Crippen molar-refractivity contribution < 1.29 is 0 Å². The Morgan fingerprint density at radius 2 is 1.94 bits per heavy atom. The van der Waals surface area contributed by atoms with Crippen LogP contribution >= 0.6 is 0 Å². The maximum absolute atomic E-state index is 2.36.